The van der Waals surface area contributed by atoms with Gasteiger partial charge >= 0.3 is 5.63 Å². The molecule has 5 N–H and O–H groups in total. The van der Waals surface area contributed by atoms with E-state index in [0.717, 1.165) is 6.42 Å². The molecule has 1 aromatic rings. The second kappa shape index (κ2) is 3.93. The van der Waals surface area contributed by atoms with E-state index in [4.69, 9.17) is 11.6 Å². The number of aromatic amines is 1. The molecule has 12 heavy (non-hydrogen) atoms. The van der Waals surface area contributed by atoms with Gasteiger partial charge in [0, 0.05) is 6.54 Å². The zero-order chi connectivity index (χ0) is 8.97. The minimum Gasteiger partial charge on any atom is -0.337 e. The number of nitrogens with two attached hydrogens (primary N) is 2. The number of hydrogen-bond donors (Lipinski definition) is 3. The van der Waals surface area contributed by atoms with Crippen molar-refractivity contribution in [2.75, 3.05) is 18.1 Å². The molecule has 0 saturated heterocycles. The Kier molecular flexibility index (Phi) is 2.89. The Morgan fingerprint density at radius 1 is 1.67 bits per heavy atom. The monoisotopic (exact) mass is 172 g/mol. The largest absolute Gasteiger partial charge is 0.381 e. The number of rotatable bonds is 4. The van der Waals surface area contributed by atoms with Crippen LogP contribution < -0.4 is 22.2 Å². The highest BCUT2D eigenvalue weighted by molar-refractivity contribution is 5.38. The van der Waals surface area contributed by atoms with Crippen LogP contribution in [0.4, 0.5) is 5.69 Å². The third-order valence-corrected chi connectivity index (χ3v) is 1.47. The Balaban J connectivity index is 2.59. The van der Waals surface area contributed by atoms with Gasteiger partial charge < -0.3 is 15.3 Å². The van der Waals surface area contributed by atoms with E-state index in [2.05, 4.69) is 9.68 Å². The fraction of sp³-hybridized carbons (Fsp3) is 0.500. The number of nitrogens with zero attached hydrogens (tertiary/aromatic N) is 1. The topological polar surface area (TPSA) is 101 Å². The summed E-state index contributed by atoms with van der Waals surface area (Å²) in [4.78, 5) is 10.9. The van der Waals surface area contributed by atoms with E-state index in [1.807, 2.05) is 0 Å². The Labute approximate surface area is 69.1 Å². The van der Waals surface area contributed by atoms with Gasteiger partial charge in [-0.1, -0.05) is 0 Å². The van der Waals surface area contributed by atoms with E-state index in [1.165, 1.54) is 11.2 Å². The van der Waals surface area contributed by atoms with E-state index >= 15 is 0 Å². The first-order chi connectivity index (χ1) is 5.75. The molecule has 0 atom stereocenters. The zero-order valence-electron chi connectivity index (χ0n) is 6.62. The predicted octanol–water partition coefficient (Wildman–Crippen LogP) is -1.00. The molecule has 0 unspecified atom stereocenters. The van der Waals surface area contributed by atoms with Crippen molar-refractivity contribution in [3.8, 4) is 0 Å². The van der Waals surface area contributed by atoms with Crippen LogP contribution in [0.15, 0.2) is 15.5 Å². The van der Waals surface area contributed by atoms with E-state index in [0.29, 0.717) is 18.8 Å². The predicted molar refractivity (Wildman–Crippen MR) is 44.5 cm³/mol. The lowest BCUT2D eigenvalue weighted by atomic mass is 10.4. The molecule has 1 heterocycles. The number of aromatic nitrogens is 1. The highest BCUT2D eigenvalue weighted by Gasteiger charge is 2.07. The minimum atomic E-state index is -0.463. The maximum Gasteiger partial charge on any atom is 0.381 e. The van der Waals surface area contributed by atoms with Crippen LogP contribution in [0.1, 0.15) is 6.42 Å². The molecule has 6 heteroatoms. The normalized spacial score (nSPS) is 10.2. The van der Waals surface area contributed by atoms with Crippen molar-refractivity contribution >= 4 is 5.69 Å². The average molecular weight is 172 g/mol. The Morgan fingerprint density at radius 2 is 2.42 bits per heavy atom. The minimum absolute atomic E-state index is 0.323. The smallest absolute Gasteiger partial charge is 0.337 e. The molecule has 1 rings (SSSR count). The van der Waals surface area contributed by atoms with Crippen LogP contribution in [-0.2, 0) is 0 Å². The molecule has 0 radical (unpaired) electrons. The molecule has 0 saturated carbocycles. The van der Waals surface area contributed by atoms with Crippen LogP contribution in [-0.4, -0.2) is 18.2 Å². The van der Waals surface area contributed by atoms with Crippen LogP contribution >= 0.6 is 0 Å². The fourth-order valence-corrected chi connectivity index (χ4v) is 0.832. The van der Waals surface area contributed by atoms with Gasteiger partial charge in [-0.3, -0.25) is 0 Å². The molecule has 0 bridgehead atoms. The molecule has 0 aromatic carbocycles. The van der Waals surface area contributed by atoms with Gasteiger partial charge in [0.05, 0.1) is 6.20 Å². The van der Waals surface area contributed by atoms with Gasteiger partial charge in [0.25, 0.3) is 0 Å². The molecule has 6 nitrogen and oxygen atoms in total. The number of hydrogen-bond acceptors (Lipinski definition) is 5. The van der Waals surface area contributed by atoms with Gasteiger partial charge in [-0.05, 0) is 13.0 Å². The van der Waals surface area contributed by atoms with Gasteiger partial charge in [-0.15, -0.1) is 0 Å². The van der Waals surface area contributed by atoms with Crippen molar-refractivity contribution < 1.29 is 4.52 Å². The summed E-state index contributed by atoms with van der Waals surface area (Å²) in [6.07, 6.45) is 2.15. The van der Waals surface area contributed by atoms with E-state index in [-0.39, 0.29) is 0 Å². The SMILES string of the molecule is NCCCN(N)c1c[nH]oc1=O. The van der Waals surface area contributed by atoms with Crippen molar-refractivity contribution in [3.05, 3.63) is 16.6 Å². The highest BCUT2D eigenvalue weighted by Crippen LogP contribution is 2.00. The van der Waals surface area contributed by atoms with Crippen LogP contribution in [0, 0.1) is 0 Å². The maximum atomic E-state index is 10.9. The summed E-state index contributed by atoms with van der Waals surface area (Å²) < 4.78 is 4.43. The van der Waals surface area contributed by atoms with Gasteiger partial charge in [-0.2, -0.15) is 0 Å². The molecular formula is C6H12N4O2. The lowest BCUT2D eigenvalue weighted by Gasteiger charge is -2.13. The van der Waals surface area contributed by atoms with Crippen LogP contribution in [0.2, 0.25) is 0 Å². The van der Waals surface area contributed by atoms with E-state index < -0.39 is 5.63 Å². The standard InChI is InChI=1S/C6H12N4O2/c7-2-1-3-10(8)5-4-9-12-6(5)11/h4,9H,1-3,7-8H2. The van der Waals surface area contributed by atoms with Crippen molar-refractivity contribution in [2.45, 2.75) is 6.42 Å². The van der Waals surface area contributed by atoms with E-state index in [9.17, 15) is 4.79 Å². The first kappa shape index (κ1) is 8.82. The third kappa shape index (κ3) is 1.86. The molecule has 0 aliphatic rings. The lowest BCUT2D eigenvalue weighted by Crippen LogP contribution is -2.35. The average Bonchev–Trinajstić information content (AvgIpc) is 2.47. The number of hydrazine groups is 1. The summed E-state index contributed by atoms with van der Waals surface area (Å²) in [6.45, 7) is 1.09. The number of anilines is 1. The van der Waals surface area contributed by atoms with Crippen LogP contribution in [0.5, 0.6) is 0 Å². The zero-order valence-corrected chi connectivity index (χ0v) is 6.62. The van der Waals surface area contributed by atoms with Crippen molar-refractivity contribution in [2.24, 2.45) is 11.6 Å². The number of nitrogens with one attached hydrogen (secondary N) is 1. The van der Waals surface area contributed by atoms with Crippen molar-refractivity contribution in [1.82, 2.24) is 5.16 Å². The fourth-order valence-electron chi connectivity index (χ4n) is 0.832. The molecule has 0 spiro atoms. The summed E-state index contributed by atoms with van der Waals surface area (Å²) in [6, 6.07) is 0. The summed E-state index contributed by atoms with van der Waals surface area (Å²) in [5.74, 6) is 5.52. The van der Waals surface area contributed by atoms with Gasteiger partial charge in [0.2, 0.25) is 0 Å². The summed E-state index contributed by atoms with van der Waals surface area (Å²) in [5, 5.41) is 3.63. The first-order valence-electron chi connectivity index (χ1n) is 3.65. The van der Waals surface area contributed by atoms with Crippen LogP contribution in [0.25, 0.3) is 0 Å². The maximum absolute atomic E-state index is 10.9. The molecule has 1 aromatic heterocycles. The highest BCUT2D eigenvalue weighted by atomic mass is 16.5. The molecule has 0 fully saturated rings. The van der Waals surface area contributed by atoms with Gasteiger partial charge in [0.1, 0.15) is 0 Å². The summed E-state index contributed by atoms with van der Waals surface area (Å²) >= 11 is 0. The second-order valence-electron chi connectivity index (χ2n) is 2.37. The van der Waals surface area contributed by atoms with Crippen molar-refractivity contribution in [1.29, 1.82) is 0 Å². The van der Waals surface area contributed by atoms with Gasteiger partial charge in [-0.25, -0.2) is 15.8 Å². The first-order valence-corrected chi connectivity index (χ1v) is 3.65. The molecule has 0 amide bonds. The molecule has 0 aliphatic carbocycles. The Morgan fingerprint density at radius 3 is 2.92 bits per heavy atom. The van der Waals surface area contributed by atoms with Gasteiger partial charge in [0.15, 0.2) is 5.69 Å². The molecule has 0 aliphatic heterocycles. The molecule has 68 valence electrons. The Bertz CT molecular complexity index is 279. The quantitative estimate of drug-likeness (QED) is 0.399. The molecular weight excluding hydrogens is 160 g/mol. The summed E-state index contributed by atoms with van der Waals surface area (Å²) in [5.41, 5.74) is 5.14. The van der Waals surface area contributed by atoms with Crippen LogP contribution in [0.3, 0.4) is 0 Å². The van der Waals surface area contributed by atoms with E-state index in [1.54, 1.807) is 0 Å². The third-order valence-electron chi connectivity index (χ3n) is 1.47. The number of H-pyrrole nitrogens is 1. The lowest BCUT2D eigenvalue weighted by molar-refractivity contribution is 0.391. The second-order valence-corrected chi connectivity index (χ2v) is 2.37. The van der Waals surface area contributed by atoms with Crippen molar-refractivity contribution in [3.63, 3.8) is 0 Å². The Hall–Kier alpha value is -1.27. The summed E-state index contributed by atoms with van der Waals surface area (Å²) in [7, 11) is 0.